The van der Waals surface area contributed by atoms with Gasteiger partial charge in [0.05, 0.1) is 6.61 Å². The lowest BCUT2D eigenvalue weighted by atomic mass is 9.99. The molecule has 0 saturated carbocycles. The summed E-state index contributed by atoms with van der Waals surface area (Å²) in [5.41, 5.74) is 2.64. The van der Waals surface area contributed by atoms with Crippen LogP contribution in [0.2, 0.25) is 0 Å². The lowest BCUT2D eigenvalue weighted by Crippen LogP contribution is -2.05. The quantitative estimate of drug-likeness (QED) is 0.334. The highest BCUT2D eigenvalue weighted by molar-refractivity contribution is 5.96. The summed E-state index contributed by atoms with van der Waals surface area (Å²) < 4.78 is 24.7. The van der Waals surface area contributed by atoms with Crippen LogP contribution in [0.4, 0.5) is 4.39 Å². The maximum absolute atomic E-state index is 13.5. The van der Waals surface area contributed by atoms with Gasteiger partial charge in [0.15, 0.2) is 0 Å². The van der Waals surface area contributed by atoms with E-state index in [1.165, 1.54) is 12.1 Å². The highest BCUT2D eigenvalue weighted by Gasteiger charge is 2.13. The number of hydrogen-bond donors (Lipinski definition) is 1. The van der Waals surface area contributed by atoms with E-state index < -0.39 is 0 Å². The average Bonchev–Trinajstić information content (AvgIpc) is 2.79. The zero-order valence-corrected chi connectivity index (χ0v) is 17.7. The summed E-state index contributed by atoms with van der Waals surface area (Å²) in [6, 6.07) is 22.7. The Morgan fingerprint density at radius 3 is 2.41 bits per heavy atom. The van der Waals surface area contributed by atoms with Crippen LogP contribution in [0.25, 0.3) is 21.9 Å². The molecular formula is C27H23FO4. The topological polar surface area (TPSA) is 55.8 Å². The molecule has 4 rings (SSSR count). The van der Waals surface area contributed by atoms with E-state index in [0.717, 1.165) is 27.5 Å². The van der Waals surface area contributed by atoms with Crippen molar-refractivity contribution >= 4 is 16.7 Å². The minimum Gasteiger partial charge on any atom is -0.508 e. The second-order valence-corrected chi connectivity index (χ2v) is 7.41. The van der Waals surface area contributed by atoms with Gasteiger partial charge in [-0.25, -0.2) is 4.39 Å². The van der Waals surface area contributed by atoms with Crippen molar-refractivity contribution in [2.45, 2.75) is 19.8 Å². The zero-order valence-electron chi connectivity index (χ0n) is 17.7. The van der Waals surface area contributed by atoms with E-state index in [9.17, 15) is 14.3 Å². The van der Waals surface area contributed by atoms with Crippen molar-refractivity contribution in [3.63, 3.8) is 0 Å². The van der Waals surface area contributed by atoms with Crippen molar-refractivity contribution < 1.29 is 23.8 Å². The number of phenols is 1. The van der Waals surface area contributed by atoms with Gasteiger partial charge >= 0.3 is 5.97 Å². The van der Waals surface area contributed by atoms with Crippen molar-refractivity contribution in [2.75, 3.05) is 6.61 Å². The van der Waals surface area contributed by atoms with Crippen molar-refractivity contribution in [1.29, 1.82) is 0 Å². The summed E-state index contributed by atoms with van der Waals surface area (Å²) in [6.07, 6.45) is 0.920. The monoisotopic (exact) mass is 430 g/mol. The number of benzene rings is 4. The fourth-order valence-corrected chi connectivity index (χ4v) is 3.58. The highest BCUT2D eigenvalue weighted by atomic mass is 19.1. The number of fused-ring (bicyclic) bond motifs is 1. The third kappa shape index (κ3) is 4.89. The van der Waals surface area contributed by atoms with Crippen molar-refractivity contribution in [2.24, 2.45) is 0 Å². The average molecular weight is 430 g/mol. The summed E-state index contributed by atoms with van der Waals surface area (Å²) in [4.78, 5) is 11.6. The van der Waals surface area contributed by atoms with Gasteiger partial charge in [-0.05, 0) is 78.4 Å². The molecule has 5 heteroatoms. The molecule has 32 heavy (non-hydrogen) atoms. The molecule has 0 radical (unpaired) electrons. The Balaban J connectivity index is 1.66. The number of aryl methyl sites for hydroxylation is 1. The molecule has 4 aromatic rings. The summed E-state index contributed by atoms with van der Waals surface area (Å²) in [5, 5.41) is 11.5. The van der Waals surface area contributed by atoms with E-state index in [1.807, 2.05) is 36.4 Å². The third-order valence-electron chi connectivity index (χ3n) is 5.18. The van der Waals surface area contributed by atoms with Gasteiger partial charge in [-0.1, -0.05) is 30.3 Å². The first-order chi connectivity index (χ1) is 15.5. The van der Waals surface area contributed by atoms with Crippen molar-refractivity contribution in [1.82, 2.24) is 0 Å². The van der Waals surface area contributed by atoms with Gasteiger partial charge in [0.1, 0.15) is 23.1 Å². The Kier molecular flexibility index (Phi) is 6.36. The van der Waals surface area contributed by atoms with Crippen LogP contribution in [0.3, 0.4) is 0 Å². The smallest absolute Gasteiger partial charge is 0.306 e. The lowest BCUT2D eigenvalue weighted by Gasteiger charge is -2.15. The minimum absolute atomic E-state index is 0.170. The molecule has 0 unspecified atom stereocenters. The maximum Gasteiger partial charge on any atom is 0.306 e. The van der Waals surface area contributed by atoms with E-state index in [4.69, 9.17) is 9.47 Å². The van der Waals surface area contributed by atoms with Crippen LogP contribution in [-0.2, 0) is 16.0 Å². The molecule has 0 amide bonds. The number of carbonyl (C=O) groups excluding carboxylic acids is 1. The summed E-state index contributed by atoms with van der Waals surface area (Å²) in [7, 11) is 0. The zero-order chi connectivity index (χ0) is 22.5. The Bertz CT molecular complexity index is 1230. The van der Waals surface area contributed by atoms with Crippen molar-refractivity contribution in [3.8, 4) is 28.4 Å². The second kappa shape index (κ2) is 9.52. The van der Waals surface area contributed by atoms with Crippen LogP contribution in [0.5, 0.6) is 17.2 Å². The first-order valence-electron chi connectivity index (χ1n) is 10.5. The third-order valence-corrected chi connectivity index (χ3v) is 5.18. The van der Waals surface area contributed by atoms with Gasteiger partial charge in [0.2, 0.25) is 0 Å². The predicted octanol–water partition coefficient (Wildman–Crippen LogP) is 6.64. The number of phenolic OH excluding ortho intramolecular Hbond substituents is 1. The summed E-state index contributed by atoms with van der Waals surface area (Å²) in [5.74, 6) is 0.905. The van der Waals surface area contributed by atoms with Gasteiger partial charge in [-0.3, -0.25) is 4.79 Å². The molecule has 162 valence electrons. The van der Waals surface area contributed by atoms with Crippen LogP contribution >= 0.6 is 0 Å². The number of aromatic hydroxyl groups is 1. The van der Waals surface area contributed by atoms with Crippen LogP contribution < -0.4 is 4.74 Å². The highest BCUT2D eigenvalue weighted by Crippen LogP contribution is 2.40. The van der Waals surface area contributed by atoms with E-state index in [0.29, 0.717) is 30.9 Å². The second-order valence-electron chi connectivity index (χ2n) is 7.41. The minimum atomic E-state index is -0.305. The molecule has 0 heterocycles. The largest absolute Gasteiger partial charge is 0.508 e. The van der Waals surface area contributed by atoms with Crippen LogP contribution in [0.1, 0.15) is 18.9 Å². The number of carbonyl (C=O) groups is 1. The molecule has 0 spiro atoms. The molecule has 0 aliphatic rings. The first kappa shape index (κ1) is 21.4. The van der Waals surface area contributed by atoms with E-state index in [-0.39, 0.29) is 17.5 Å². The van der Waals surface area contributed by atoms with Gasteiger partial charge in [0, 0.05) is 17.4 Å². The van der Waals surface area contributed by atoms with Crippen LogP contribution in [-0.4, -0.2) is 17.7 Å². The van der Waals surface area contributed by atoms with E-state index in [2.05, 4.69) is 0 Å². The molecule has 4 nitrogen and oxygen atoms in total. The Morgan fingerprint density at radius 1 is 0.938 bits per heavy atom. The first-order valence-corrected chi connectivity index (χ1v) is 10.5. The molecular weight excluding hydrogens is 407 g/mol. The van der Waals surface area contributed by atoms with Gasteiger partial charge in [-0.15, -0.1) is 0 Å². The SMILES string of the molecule is CCOC(=O)CCc1ccc(Oc2c(-c3ccc(F)cc3)ccc3cc(O)ccc23)cc1. The van der Waals surface area contributed by atoms with Gasteiger partial charge in [-0.2, -0.15) is 0 Å². The number of rotatable bonds is 7. The summed E-state index contributed by atoms with van der Waals surface area (Å²) in [6.45, 7) is 2.17. The molecule has 1 N–H and O–H groups in total. The predicted molar refractivity (Wildman–Crippen MR) is 122 cm³/mol. The molecule has 0 aromatic heterocycles. The normalized spacial score (nSPS) is 10.8. The molecule has 0 bridgehead atoms. The molecule has 0 atom stereocenters. The molecule has 0 aliphatic carbocycles. The fourth-order valence-electron chi connectivity index (χ4n) is 3.58. The van der Waals surface area contributed by atoms with Crippen LogP contribution in [0, 0.1) is 5.82 Å². The molecule has 0 aliphatic heterocycles. The van der Waals surface area contributed by atoms with E-state index in [1.54, 1.807) is 37.3 Å². The molecule has 4 aromatic carbocycles. The molecule has 0 saturated heterocycles. The Hall–Kier alpha value is -3.86. The Morgan fingerprint density at radius 2 is 1.69 bits per heavy atom. The fraction of sp³-hybridized carbons (Fsp3) is 0.148. The van der Waals surface area contributed by atoms with Gasteiger partial charge < -0.3 is 14.6 Å². The van der Waals surface area contributed by atoms with Gasteiger partial charge in [0.25, 0.3) is 0 Å². The maximum atomic E-state index is 13.5. The standard InChI is InChI=1S/C27H23FO4/c1-2-31-26(30)16-5-18-3-12-23(13-4-18)32-27-24(19-6-9-21(28)10-7-19)14-8-20-17-22(29)11-15-25(20)27/h3-4,6-15,17,29H,2,5,16H2,1H3. The van der Waals surface area contributed by atoms with Crippen molar-refractivity contribution in [3.05, 3.63) is 90.2 Å². The number of esters is 1. The molecule has 0 fully saturated rings. The number of hydrogen-bond acceptors (Lipinski definition) is 4. The van der Waals surface area contributed by atoms with E-state index >= 15 is 0 Å². The number of halogens is 1. The Labute approximate surface area is 185 Å². The number of ether oxygens (including phenoxy) is 2. The summed E-state index contributed by atoms with van der Waals surface area (Å²) >= 11 is 0. The van der Waals surface area contributed by atoms with Crippen LogP contribution in [0.15, 0.2) is 78.9 Å². The lowest BCUT2D eigenvalue weighted by molar-refractivity contribution is -0.143.